The molecule has 0 aromatic carbocycles. The molecule has 0 nitrogen and oxygen atoms in total. The van der Waals surface area contributed by atoms with Crippen molar-refractivity contribution in [3.63, 3.8) is 0 Å². The zero-order valence-corrected chi connectivity index (χ0v) is 9.65. The number of hydrogen-bond acceptors (Lipinski definition) is 0. The van der Waals surface area contributed by atoms with E-state index in [4.69, 9.17) is 0 Å². The summed E-state index contributed by atoms with van der Waals surface area (Å²) < 4.78 is 0. The van der Waals surface area contributed by atoms with Crippen LogP contribution in [0.3, 0.4) is 0 Å². The first-order chi connectivity index (χ1) is 5.39. The van der Waals surface area contributed by atoms with E-state index in [0.29, 0.717) is 5.41 Å². The van der Waals surface area contributed by atoms with Gasteiger partial charge in [0.1, 0.15) is 0 Å². The van der Waals surface area contributed by atoms with Crippen molar-refractivity contribution in [2.45, 2.75) is 48.0 Å². The van der Waals surface area contributed by atoms with Crippen LogP contribution in [0.25, 0.3) is 0 Å². The molecule has 0 fully saturated rings. The Morgan fingerprint density at radius 1 is 0.833 bits per heavy atom. The van der Waals surface area contributed by atoms with E-state index in [9.17, 15) is 0 Å². The van der Waals surface area contributed by atoms with Crippen molar-refractivity contribution in [3.05, 3.63) is 6.92 Å². The Hall–Kier alpha value is 0. The van der Waals surface area contributed by atoms with E-state index >= 15 is 0 Å². The lowest BCUT2D eigenvalue weighted by atomic mass is 9.61. The minimum absolute atomic E-state index is 0.431. The summed E-state index contributed by atoms with van der Waals surface area (Å²) >= 11 is 0. The summed E-state index contributed by atoms with van der Waals surface area (Å²) in [7, 11) is 0. The highest BCUT2D eigenvalue weighted by Crippen LogP contribution is 2.45. The molecule has 0 aliphatic carbocycles. The fraction of sp³-hybridized carbons (Fsp3) is 0.917. The Bertz CT molecular complexity index is 98.2. The van der Waals surface area contributed by atoms with E-state index in [0.717, 1.165) is 24.2 Å². The molecule has 73 valence electrons. The lowest BCUT2D eigenvalue weighted by molar-refractivity contribution is 0.0521. The second kappa shape index (κ2) is 4.30. The van der Waals surface area contributed by atoms with Gasteiger partial charge in [0.25, 0.3) is 0 Å². The van der Waals surface area contributed by atoms with Gasteiger partial charge in [-0.25, -0.2) is 0 Å². The zero-order valence-electron chi connectivity index (χ0n) is 9.65. The highest BCUT2D eigenvalue weighted by atomic mass is 14.4. The first-order valence-corrected chi connectivity index (χ1v) is 5.18. The topological polar surface area (TPSA) is 0 Å². The van der Waals surface area contributed by atoms with Crippen LogP contribution in [-0.2, 0) is 0 Å². The Labute approximate surface area is 78.8 Å². The molecule has 0 saturated heterocycles. The summed E-state index contributed by atoms with van der Waals surface area (Å²) in [5.74, 6) is 2.19. The second-order valence-electron chi connectivity index (χ2n) is 4.83. The van der Waals surface area contributed by atoms with Crippen LogP contribution in [0.4, 0.5) is 0 Å². The van der Waals surface area contributed by atoms with Gasteiger partial charge in [-0.3, -0.25) is 0 Å². The van der Waals surface area contributed by atoms with Gasteiger partial charge in [0.2, 0.25) is 0 Å². The highest BCUT2D eigenvalue weighted by Gasteiger charge is 2.37. The molecule has 0 saturated carbocycles. The molecule has 0 unspecified atom stereocenters. The molecule has 0 rings (SSSR count). The van der Waals surface area contributed by atoms with Crippen LogP contribution in [0, 0.1) is 30.1 Å². The number of hydrogen-bond donors (Lipinski definition) is 0. The molecule has 0 bridgehead atoms. The Balaban J connectivity index is 4.77. The largest absolute Gasteiger partial charge is 0.0622 e. The van der Waals surface area contributed by atoms with E-state index in [1.165, 1.54) is 0 Å². The Morgan fingerprint density at radius 3 is 1.08 bits per heavy atom. The summed E-state index contributed by atoms with van der Waals surface area (Å²) in [5, 5.41) is 0. The molecule has 0 spiro atoms. The maximum atomic E-state index is 4.12. The van der Waals surface area contributed by atoms with Gasteiger partial charge in [-0.2, -0.15) is 0 Å². The third-order valence-electron chi connectivity index (χ3n) is 3.66. The smallest absolute Gasteiger partial charge is 0.0228 e. The van der Waals surface area contributed by atoms with Gasteiger partial charge in [0, 0.05) is 0 Å². The third kappa shape index (κ3) is 1.84. The molecule has 0 amide bonds. The van der Waals surface area contributed by atoms with Crippen LogP contribution in [-0.4, -0.2) is 0 Å². The molecule has 0 aromatic rings. The molecule has 0 heteroatoms. The summed E-state index contributed by atoms with van der Waals surface area (Å²) in [6.07, 6.45) is 1.06. The molecule has 0 aliphatic heterocycles. The fourth-order valence-electron chi connectivity index (χ4n) is 2.87. The van der Waals surface area contributed by atoms with E-state index in [1.54, 1.807) is 0 Å². The van der Waals surface area contributed by atoms with E-state index in [-0.39, 0.29) is 0 Å². The fourth-order valence-corrected chi connectivity index (χ4v) is 2.87. The van der Waals surface area contributed by atoms with Crippen molar-refractivity contribution in [2.24, 2.45) is 23.2 Å². The molecule has 1 radical (unpaired) electrons. The molecule has 12 heavy (non-hydrogen) atoms. The minimum Gasteiger partial charge on any atom is -0.0622 e. The quantitative estimate of drug-likeness (QED) is 0.592. The van der Waals surface area contributed by atoms with Crippen molar-refractivity contribution < 1.29 is 0 Å². The van der Waals surface area contributed by atoms with Gasteiger partial charge < -0.3 is 0 Å². The van der Waals surface area contributed by atoms with Crippen molar-refractivity contribution in [1.29, 1.82) is 0 Å². The summed E-state index contributed by atoms with van der Waals surface area (Å²) in [4.78, 5) is 0. The first-order valence-electron chi connectivity index (χ1n) is 5.18. The van der Waals surface area contributed by atoms with Crippen molar-refractivity contribution in [3.8, 4) is 0 Å². The summed E-state index contributed by atoms with van der Waals surface area (Å²) in [6, 6.07) is 0. The zero-order chi connectivity index (χ0) is 9.94. The van der Waals surface area contributed by atoms with Gasteiger partial charge >= 0.3 is 0 Å². The predicted molar refractivity (Wildman–Crippen MR) is 56.9 cm³/mol. The maximum absolute atomic E-state index is 4.12. The summed E-state index contributed by atoms with van der Waals surface area (Å²) in [5.41, 5.74) is 0.431. The van der Waals surface area contributed by atoms with Gasteiger partial charge in [-0.15, -0.1) is 0 Å². The van der Waals surface area contributed by atoms with Crippen molar-refractivity contribution in [2.75, 3.05) is 0 Å². The van der Waals surface area contributed by atoms with Gasteiger partial charge in [0.15, 0.2) is 0 Å². The normalized spacial score (nSPS) is 13.5. The average molecular weight is 169 g/mol. The molecule has 0 aromatic heterocycles. The summed E-state index contributed by atoms with van der Waals surface area (Å²) in [6.45, 7) is 18.1. The molecule has 0 N–H and O–H groups in total. The van der Waals surface area contributed by atoms with Crippen LogP contribution in [0.1, 0.15) is 48.0 Å². The Morgan fingerprint density at radius 2 is 1.08 bits per heavy atom. The SMILES string of the molecule is [CH2]CC(C(C)C)(C(C)C)C(C)C. The predicted octanol–water partition coefficient (Wildman–Crippen LogP) is 4.16. The lowest BCUT2D eigenvalue weighted by Gasteiger charge is -2.44. The van der Waals surface area contributed by atoms with E-state index in [1.807, 2.05) is 0 Å². The van der Waals surface area contributed by atoms with Crippen molar-refractivity contribution >= 4 is 0 Å². The van der Waals surface area contributed by atoms with Gasteiger partial charge in [0.05, 0.1) is 0 Å². The van der Waals surface area contributed by atoms with E-state index < -0.39 is 0 Å². The highest BCUT2D eigenvalue weighted by molar-refractivity contribution is 4.88. The molecular weight excluding hydrogens is 144 g/mol. The van der Waals surface area contributed by atoms with Crippen LogP contribution >= 0.6 is 0 Å². The van der Waals surface area contributed by atoms with Gasteiger partial charge in [-0.05, 0) is 29.6 Å². The van der Waals surface area contributed by atoms with Crippen LogP contribution in [0.2, 0.25) is 0 Å². The maximum Gasteiger partial charge on any atom is -0.0228 e. The standard InChI is InChI=1S/C12H25/c1-8-12(9(2)3,10(4)5)11(6)7/h9-11H,1,8H2,2-7H3. The van der Waals surface area contributed by atoms with Gasteiger partial charge in [-0.1, -0.05) is 48.5 Å². The van der Waals surface area contributed by atoms with Crippen molar-refractivity contribution in [1.82, 2.24) is 0 Å². The third-order valence-corrected chi connectivity index (χ3v) is 3.66. The average Bonchev–Trinajstić information content (AvgIpc) is 1.86. The van der Waals surface area contributed by atoms with Crippen LogP contribution in [0.5, 0.6) is 0 Å². The molecular formula is C12H25. The molecule has 0 heterocycles. The van der Waals surface area contributed by atoms with E-state index in [2.05, 4.69) is 48.5 Å². The monoisotopic (exact) mass is 169 g/mol. The lowest BCUT2D eigenvalue weighted by Crippen LogP contribution is -2.37. The van der Waals surface area contributed by atoms with Crippen LogP contribution in [0.15, 0.2) is 0 Å². The second-order valence-corrected chi connectivity index (χ2v) is 4.83. The minimum atomic E-state index is 0.431. The van der Waals surface area contributed by atoms with Crippen LogP contribution < -0.4 is 0 Å². The Kier molecular flexibility index (Phi) is 4.30. The molecule has 0 aliphatic rings. The first kappa shape index (κ1) is 12.0. The molecule has 0 atom stereocenters. The number of rotatable bonds is 4.